The van der Waals surface area contributed by atoms with Crippen molar-refractivity contribution in [2.75, 3.05) is 0 Å². The van der Waals surface area contributed by atoms with E-state index < -0.39 is 0 Å². The number of nitrogens with zero attached hydrogens (tertiary/aromatic N) is 5. The zero-order chi connectivity index (χ0) is 8.39. The Bertz CT molecular complexity index is 348. The fourth-order valence-electron chi connectivity index (χ4n) is 0.966. The van der Waals surface area contributed by atoms with Crippen LogP contribution >= 0.6 is 0 Å². The van der Waals surface area contributed by atoms with E-state index >= 15 is 0 Å². The van der Waals surface area contributed by atoms with Gasteiger partial charge in [0.25, 0.3) is 0 Å². The minimum absolute atomic E-state index is 0.611. The SMILES string of the molecule is Cn1ccnc1Cc1nn[nH]n1. The van der Waals surface area contributed by atoms with E-state index in [1.807, 2.05) is 17.8 Å². The zero-order valence-electron chi connectivity index (χ0n) is 6.60. The maximum atomic E-state index is 4.13. The minimum atomic E-state index is 0.611. The van der Waals surface area contributed by atoms with E-state index in [4.69, 9.17) is 0 Å². The number of H-pyrrole nitrogens is 1. The van der Waals surface area contributed by atoms with Crippen molar-refractivity contribution in [3.05, 3.63) is 24.0 Å². The average Bonchev–Trinajstić information content (AvgIpc) is 2.65. The van der Waals surface area contributed by atoms with Gasteiger partial charge in [-0.2, -0.15) is 5.21 Å². The van der Waals surface area contributed by atoms with Gasteiger partial charge in [-0.15, -0.1) is 10.2 Å². The lowest BCUT2D eigenvalue weighted by Crippen LogP contribution is -1.99. The highest BCUT2D eigenvalue weighted by molar-refractivity contribution is 4.99. The molecule has 2 aromatic rings. The molecule has 6 heteroatoms. The number of aryl methyl sites for hydroxylation is 1. The molecule has 0 aromatic carbocycles. The Hall–Kier alpha value is -1.72. The summed E-state index contributed by atoms with van der Waals surface area (Å²) in [6.07, 6.45) is 4.24. The summed E-state index contributed by atoms with van der Waals surface area (Å²) >= 11 is 0. The highest BCUT2D eigenvalue weighted by Crippen LogP contribution is 1.99. The van der Waals surface area contributed by atoms with E-state index in [2.05, 4.69) is 25.6 Å². The van der Waals surface area contributed by atoms with Gasteiger partial charge in [0.15, 0.2) is 5.82 Å². The minimum Gasteiger partial charge on any atom is -0.338 e. The molecule has 0 fully saturated rings. The monoisotopic (exact) mass is 164 g/mol. The Kier molecular flexibility index (Phi) is 1.58. The van der Waals surface area contributed by atoms with Crippen LogP contribution in [0.4, 0.5) is 0 Å². The Morgan fingerprint density at radius 1 is 1.58 bits per heavy atom. The first-order valence-electron chi connectivity index (χ1n) is 3.55. The number of imidazole rings is 1. The summed E-state index contributed by atoms with van der Waals surface area (Å²) in [6, 6.07) is 0. The molecule has 0 amide bonds. The molecule has 0 atom stereocenters. The van der Waals surface area contributed by atoms with Crippen LogP contribution in [0.3, 0.4) is 0 Å². The predicted molar refractivity (Wildman–Crippen MR) is 40.2 cm³/mol. The molecule has 62 valence electrons. The predicted octanol–water partition coefficient (Wildman–Crippen LogP) is -0.476. The number of hydrogen-bond donors (Lipinski definition) is 1. The first-order valence-corrected chi connectivity index (χ1v) is 3.55. The van der Waals surface area contributed by atoms with Crippen molar-refractivity contribution < 1.29 is 0 Å². The van der Waals surface area contributed by atoms with Gasteiger partial charge in [0, 0.05) is 19.4 Å². The fraction of sp³-hybridized carbons (Fsp3) is 0.333. The van der Waals surface area contributed by atoms with Gasteiger partial charge in [-0.3, -0.25) is 0 Å². The lowest BCUT2D eigenvalue weighted by molar-refractivity contribution is 0.797. The second kappa shape index (κ2) is 2.72. The molecule has 6 nitrogen and oxygen atoms in total. The standard InChI is InChI=1S/C6H8N6/c1-12-3-2-7-6(12)4-5-8-10-11-9-5/h2-3H,4H2,1H3,(H,8,9,10,11). The molecule has 0 aliphatic rings. The molecule has 0 aliphatic heterocycles. The van der Waals surface area contributed by atoms with Crippen LogP contribution < -0.4 is 0 Å². The van der Waals surface area contributed by atoms with Gasteiger partial charge in [0.1, 0.15) is 5.82 Å². The zero-order valence-corrected chi connectivity index (χ0v) is 6.60. The van der Waals surface area contributed by atoms with Gasteiger partial charge in [-0.25, -0.2) is 4.98 Å². The summed E-state index contributed by atoms with van der Waals surface area (Å²) in [5, 5.41) is 13.5. The fourth-order valence-corrected chi connectivity index (χ4v) is 0.966. The molecule has 2 aromatic heterocycles. The van der Waals surface area contributed by atoms with Crippen molar-refractivity contribution in [2.45, 2.75) is 6.42 Å². The summed E-state index contributed by atoms with van der Waals surface area (Å²) in [7, 11) is 1.93. The molecular formula is C6H8N6. The van der Waals surface area contributed by atoms with E-state index in [9.17, 15) is 0 Å². The summed E-state index contributed by atoms with van der Waals surface area (Å²) in [5.41, 5.74) is 0. The summed E-state index contributed by atoms with van der Waals surface area (Å²) in [6.45, 7) is 0. The third-order valence-corrected chi connectivity index (χ3v) is 1.63. The molecule has 0 radical (unpaired) electrons. The van der Waals surface area contributed by atoms with Crippen LogP contribution in [0.15, 0.2) is 12.4 Å². The number of aromatic amines is 1. The second-order valence-corrected chi connectivity index (χ2v) is 2.46. The second-order valence-electron chi connectivity index (χ2n) is 2.46. The third kappa shape index (κ3) is 1.18. The Labute approximate surface area is 68.6 Å². The average molecular weight is 164 g/mol. The topological polar surface area (TPSA) is 72.3 Å². The van der Waals surface area contributed by atoms with Gasteiger partial charge < -0.3 is 4.57 Å². The number of aromatic nitrogens is 6. The van der Waals surface area contributed by atoms with Crippen LogP contribution in [0.5, 0.6) is 0 Å². The van der Waals surface area contributed by atoms with Crippen LogP contribution in [0.1, 0.15) is 11.6 Å². The molecule has 0 bridgehead atoms. The maximum Gasteiger partial charge on any atom is 0.182 e. The number of nitrogens with one attached hydrogen (secondary N) is 1. The van der Waals surface area contributed by atoms with Crippen molar-refractivity contribution in [3.63, 3.8) is 0 Å². The lowest BCUT2D eigenvalue weighted by atomic mass is 10.4. The largest absolute Gasteiger partial charge is 0.338 e. The quantitative estimate of drug-likeness (QED) is 0.651. The van der Waals surface area contributed by atoms with E-state index in [1.165, 1.54) is 0 Å². The van der Waals surface area contributed by atoms with E-state index in [0.717, 1.165) is 5.82 Å². The van der Waals surface area contributed by atoms with Crippen molar-refractivity contribution in [3.8, 4) is 0 Å². The number of rotatable bonds is 2. The van der Waals surface area contributed by atoms with Gasteiger partial charge >= 0.3 is 0 Å². The van der Waals surface area contributed by atoms with E-state index in [0.29, 0.717) is 12.2 Å². The van der Waals surface area contributed by atoms with Crippen LogP contribution in [0, 0.1) is 0 Å². The summed E-state index contributed by atoms with van der Waals surface area (Å²) in [4.78, 5) is 4.13. The normalized spacial score (nSPS) is 10.4. The molecular weight excluding hydrogens is 156 g/mol. The van der Waals surface area contributed by atoms with Crippen LogP contribution in [0.2, 0.25) is 0 Å². The third-order valence-electron chi connectivity index (χ3n) is 1.63. The van der Waals surface area contributed by atoms with Gasteiger partial charge in [0.05, 0.1) is 6.42 Å². The number of tetrazole rings is 1. The highest BCUT2D eigenvalue weighted by Gasteiger charge is 2.03. The van der Waals surface area contributed by atoms with Crippen molar-refractivity contribution in [1.82, 2.24) is 30.2 Å². The molecule has 0 aliphatic carbocycles. The summed E-state index contributed by atoms with van der Waals surface area (Å²) in [5.74, 6) is 1.58. The van der Waals surface area contributed by atoms with Gasteiger partial charge in [-0.05, 0) is 0 Å². The first-order chi connectivity index (χ1) is 5.86. The van der Waals surface area contributed by atoms with Crippen molar-refractivity contribution >= 4 is 0 Å². The number of hydrogen-bond acceptors (Lipinski definition) is 4. The van der Waals surface area contributed by atoms with Crippen LogP contribution in [-0.2, 0) is 13.5 Å². The summed E-state index contributed by atoms with van der Waals surface area (Å²) < 4.78 is 1.93. The molecule has 2 heterocycles. The van der Waals surface area contributed by atoms with Crippen LogP contribution in [0.25, 0.3) is 0 Å². The molecule has 2 rings (SSSR count). The highest BCUT2D eigenvalue weighted by atomic mass is 15.5. The van der Waals surface area contributed by atoms with Gasteiger partial charge in [-0.1, -0.05) is 5.21 Å². The molecule has 0 saturated heterocycles. The Balaban J connectivity index is 2.20. The molecule has 0 saturated carbocycles. The Morgan fingerprint density at radius 3 is 3.08 bits per heavy atom. The molecule has 12 heavy (non-hydrogen) atoms. The maximum absolute atomic E-state index is 4.13. The molecule has 1 N–H and O–H groups in total. The van der Waals surface area contributed by atoms with Crippen LogP contribution in [-0.4, -0.2) is 30.2 Å². The van der Waals surface area contributed by atoms with Gasteiger partial charge in [0.2, 0.25) is 0 Å². The van der Waals surface area contributed by atoms with E-state index in [-0.39, 0.29) is 0 Å². The first kappa shape index (κ1) is 6.96. The van der Waals surface area contributed by atoms with E-state index in [1.54, 1.807) is 6.20 Å². The Morgan fingerprint density at radius 2 is 2.50 bits per heavy atom. The lowest BCUT2D eigenvalue weighted by Gasteiger charge is -1.95. The van der Waals surface area contributed by atoms with Crippen molar-refractivity contribution in [1.29, 1.82) is 0 Å². The molecule has 0 spiro atoms. The van der Waals surface area contributed by atoms with Crippen molar-refractivity contribution in [2.24, 2.45) is 7.05 Å². The smallest absolute Gasteiger partial charge is 0.182 e. The molecule has 0 unspecified atom stereocenters.